The Labute approximate surface area is 89.5 Å². The molecule has 16 heavy (non-hydrogen) atoms. The summed E-state index contributed by atoms with van der Waals surface area (Å²) in [4.78, 5) is 21.4. The molecule has 0 radical (unpaired) electrons. The highest BCUT2D eigenvalue weighted by molar-refractivity contribution is 5.89. The van der Waals surface area contributed by atoms with Gasteiger partial charge in [-0.2, -0.15) is 0 Å². The Kier molecular flexibility index (Phi) is 3.55. The maximum Gasteiger partial charge on any atom is 0.337 e. The number of carboxylic acid groups (broad SMARTS) is 1. The number of aliphatic carboxylic acids is 1. The van der Waals surface area contributed by atoms with Crippen LogP contribution in [0.1, 0.15) is 15.9 Å². The molecule has 1 aromatic carbocycles. The van der Waals surface area contributed by atoms with Gasteiger partial charge in [0, 0.05) is 5.56 Å². The summed E-state index contributed by atoms with van der Waals surface area (Å²) in [5, 5.41) is 8.46. The Morgan fingerprint density at radius 3 is 2.50 bits per heavy atom. The average molecular weight is 230 g/mol. The number of rotatable bonds is 3. The summed E-state index contributed by atoms with van der Waals surface area (Å²) in [5.41, 5.74) is -0.620. The lowest BCUT2D eigenvalue weighted by Gasteiger charge is -2.04. The van der Waals surface area contributed by atoms with Crippen molar-refractivity contribution in [2.75, 3.05) is 7.11 Å². The van der Waals surface area contributed by atoms with Gasteiger partial charge < -0.3 is 9.84 Å². The first-order valence-electron chi connectivity index (χ1n) is 4.23. The molecule has 1 N–H and O–H groups in total. The van der Waals surface area contributed by atoms with Gasteiger partial charge in [0.15, 0.2) is 11.6 Å². The minimum Gasteiger partial charge on any atom is -0.481 e. The zero-order valence-electron chi connectivity index (χ0n) is 8.29. The molecule has 0 saturated carbocycles. The van der Waals surface area contributed by atoms with Crippen molar-refractivity contribution in [3.8, 4) is 0 Å². The minimum absolute atomic E-state index is 0.224. The molecule has 0 fully saturated rings. The van der Waals surface area contributed by atoms with Gasteiger partial charge >= 0.3 is 11.9 Å². The number of carbonyl (C=O) groups excluding carboxylic acids is 1. The fourth-order valence-corrected chi connectivity index (χ4v) is 1.17. The third-order valence-electron chi connectivity index (χ3n) is 1.87. The zero-order chi connectivity index (χ0) is 12.3. The van der Waals surface area contributed by atoms with Crippen LogP contribution in [-0.4, -0.2) is 24.2 Å². The van der Waals surface area contributed by atoms with Gasteiger partial charge in [0.05, 0.1) is 19.1 Å². The molecule has 86 valence electrons. The predicted octanol–water partition coefficient (Wildman–Crippen LogP) is 1.38. The molecule has 1 aromatic rings. The van der Waals surface area contributed by atoms with Crippen molar-refractivity contribution in [1.82, 2.24) is 0 Å². The normalized spacial score (nSPS) is 9.94. The molecule has 1 rings (SSSR count). The monoisotopic (exact) mass is 230 g/mol. The summed E-state index contributed by atoms with van der Waals surface area (Å²) in [7, 11) is 1.08. The number of halogens is 2. The van der Waals surface area contributed by atoms with Gasteiger partial charge in [-0.1, -0.05) is 0 Å². The first-order chi connectivity index (χ1) is 7.45. The quantitative estimate of drug-likeness (QED) is 0.796. The van der Waals surface area contributed by atoms with Crippen LogP contribution in [-0.2, 0) is 16.0 Å². The molecule has 0 atom stereocenters. The molecular weight excluding hydrogens is 222 g/mol. The highest BCUT2D eigenvalue weighted by Crippen LogP contribution is 2.16. The Bertz CT molecular complexity index is 443. The first kappa shape index (κ1) is 12.1. The first-order valence-corrected chi connectivity index (χ1v) is 4.23. The summed E-state index contributed by atoms with van der Waals surface area (Å²) in [5.74, 6) is -4.72. The molecule has 6 heteroatoms. The lowest BCUT2D eigenvalue weighted by molar-refractivity contribution is -0.136. The van der Waals surface area contributed by atoms with E-state index in [9.17, 15) is 18.4 Å². The van der Waals surface area contributed by atoms with Crippen molar-refractivity contribution in [1.29, 1.82) is 0 Å². The van der Waals surface area contributed by atoms with Crippen LogP contribution in [0.4, 0.5) is 8.78 Å². The molecule has 0 aliphatic heterocycles. The van der Waals surface area contributed by atoms with Gasteiger partial charge in [-0.15, -0.1) is 0 Å². The predicted molar refractivity (Wildman–Crippen MR) is 49.0 cm³/mol. The van der Waals surface area contributed by atoms with E-state index < -0.39 is 35.6 Å². The average Bonchev–Trinajstić information content (AvgIpc) is 2.22. The second kappa shape index (κ2) is 4.69. The van der Waals surface area contributed by atoms with Gasteiger partial charge in [-0.25, -0.2) is 13.6 Å². The maximum atomic E-state index is 13.1. The highest BCUT2D eigenvalue weighted by Gasteiger charge is 2.16. The molecule has 0 saturated heterocycles. The summed E-state index contributed by atoms with van der Waals surface area (Å²) in [6.07, 6.45) is -0.701. The van der Waals surface area contributed by atoms with E-state index in [1.807, 2.05) is 0 Å². The van der Waals surface area contributed by atoms with E-state index in [4.69, 9.17) is 5.11 Å². The second-order valence-corrected chi connectivity index (χ2v) is 2.99. The number of carboxylic acids is 1. The van der Waals surface area contributed by atoms with E-state index in [1.54, 1.807) is 0 Å². The Balaban J connectivity index is 3.21. The van der Waals surface area contributed by atoms with Gasteiger partial charge in [-0.3, -0.25) is 4.79 Å². The van der Waals surface area contributed by atoms with Crippen LogP contribution >= 0.6 is 0 Å². The molecule has 0 aliphatic rings. The molecule has 0 unspecified atom stereocenters. The Hall–Kier alpha value is -1.98. The number of carbonyl (C=O) groups is 2. The number of benzene rings is 1. The van der Waals surface area contributed by atoms with E-state index in [2.05, 4.69) is 4.74 Å². The molecule has 0 heterocycles. The standard InChI is InChI=1S/C10H8F2O4/c1-16-10(15)6-2-5(4-8(13)14)9(12)7(11)3-6/h2-3H,4H2,1H3,(H,13,14). The van der Waals surface area contributed by atoms with Crippen LogP contribution in [0.5, 0.6) is 0 Å². The number of hydrogen-bond acceptors (Lipinski definition) is 3. The SMILES string of the molecule is COC(=O)c1cc(F)c(F)c(CC(=O)O)c1. The van der Waals surface area contributed by atoms with E-state index in [0.717, 1.165) is 13.2 Å². The third-order valence-corrected chi connectivity index (χ3v) is 1.87. The summed E-state index contributed by atoms with van der Waals surface area (Å²) < 4.78 is 30.4. The zero-order valence-corrected chi connectivity index (χ0v) is 8.29. The molecule has 0 bridgehead atoms. The number of methoxy groups -OCH3 is 1. The highest BCUT2D eigenvalue weighted by atomic mass is 19.2. The van der Waals surface area contributed by atoms with Crippen molar-refractivity contribution in [3.63, 3.8) is 0 Å². The molecule has 0 amide bonds. The van der Waals surface area contributed by atoms with E-state index in [1.165, 1.54) is 0 Å². The Morgan fingerprint density at radius 1 is 1.38 bits per heavy atom. The fraction of sp³-hybridized carbons (Fsp3) is 0.200. The van der Waals surface area contributed by atoms with E-state index >= 15 is 0 Å². The van der Waals surface area contributed by atoms with Crippen LogP contribution in [0.3, 0.4) is 0 Å². The van der Waals surface area contributed by atoms with Crippen molar-refractivity contribution in [2.45, 2.75) is 6.42 Å². The molecule has 0 spiro atoms. The van der Waals surface area contributed by atoms with Crippen molar-refractivity contribution >= 4 is 11.9 Å². The Morgan fingerprint density at radius 2 is 2.00 bits per heavy atom. The van der Waals surface area contributed by atoms with Crippen LogP contribution in [0.2, 0.25) is 0 Å². The van der Waals surface area contributed by atoms with Gasteiger partial charge in [0.2, 0.25) is 0 Å². The summed E-state index contributed by atoms with van der Waals surface area (Å²) in [6.45, 7) is 0. The molecular formula is C10H8F2O4. The van der Waals surface area contributed by atoms with Crippen LogP contribution in [0.15, 0.2) is 12.1 Å². The van der Waals surface area contributed by atoms with Crippen molar-refractivity contribution in [2.24, 2.45) is 0 Å². The summed E-state index contributed by atoms with van der Waals surface area (Å²) >= 11 is 0. The molecule has 0 aliphatic carbocycles. The van der Waals surface area contributed by atoms with Crippen molar-refractivity contribution in [3.05, 3.63) is 34.9 Å². The lowest BCUT2D eigenvalue weighted by Crippen LogP contribution is -2.08. The van der Waals surface area contributed by atoms with Gasteiger partial charge in [-0.05, 0) is 12.1 Å². The second-order valence-electron chi connectivity index (χ2n) is 2.99. The van der Waals surface area contributed by atoms with E-state index in [0.29, 0.717) is 6.07 Å². The molecule has 0 aromatic heterocycles. The van der Waals surface area contributed by atoms with Crippen molar-refractivity contribution < 1.29 is 28.2 Å². The maximum absolute atomic E-state index is 13.1. The van der Waals surface area contributed by atoms with Gasteiger partial charge in [0.25, 0.3) is 0 Å². The topological polar surface area (TPSA) is 63.6 Å². The summed E-state index contributed by atoms with van der Waals surface area (Å²) in [6, 6.07) is 1.62. The van der Waals surface area contributed by atoms with Crippen LogP contribution < -0.4 is 0 Å². The number of ether oxygens (including phenoxy) is 1. The number of esters is 1. The van der Waals surface area contributed by atoms with Gasteiger partial charge in [0.1, 0.15) is 0 Å². The number of hydrogen-bond donors (Lipinski definition) is 1. The van der Waals surface area contributed by atoms with E-state index in [-0.39, 0.29) is 5.56 Å². The van der Waals surface area contributed by atoms with Crippen LogP contribution in [0, 0.1) is 11.6 Å². The largest absolute Gasteiger partial charge is 0.481 e. The lowest BCUT2D eigenvalue weighted by atomic mass is 10.1. The minimum atomic E-state index is -1.32. The van der Waals surface area contributed by atoms with Crippen LogP contribution in [0.25, 0.3) is 0 Å². The smallest absolute Gasteiger partial charge is 0.337 e. The third kappa shape index (κ3) is 2.53. The fourth-order valence-electron chi connectivity index (χ4n) is 1.17. The molecule has 4 nitrogen and oxygen atoms in total.